The van der Waals surface area contributed by atoms with E-state index in [1.54, 1.807) is 0 Å². The molecule has 1 atom stereocenters. The van der Waals surface area contributed by atoms with Gasteiger partial charge in [0.05, 0.1) is 0 Å². The fraction of sp³-hybridized carbons (Fsp3) is 0.333. The highest BCUT2D eigenvalue weighted by molar-refractivity contribution is 5.80. The van der Waals surface area contributed by atoms with Gasteiger partial charge in [0.25, 0.3) is 0 Å². The van der Waals surface area contributed by atoms with Crippen molar-refractivity contribution in [2.45, 2.75) is 40.0 Å². The van der Waals surface area contributed by atoms with Gasteiger partial charge in [-0.15, -0.1) is 0 Å². The third-order valence-electron chi connectivity index (χ3n) is 3.46. The second kappa shape index (κ2) is 7.00. The van der Waals surface area contributed by atoms with Gasteiger partial charge in [0.2, 0.25) is 0 Å². The van der Waals surface area contributed by atoms with Gasteiger partial charge in [-0.1, -0.05) is 62.9 Å². The Labute approximate surface area is 112 Å². The van der Waals surface area contributed by atoms with E-state index in [4.69, 9.17) is 0 Å². The average molecular weight is 240 g/mol. The minimum Gasteiger partial charge on any atom is -0.0988 e. The minimum absolute atomic E-state index is 0.582. The Morgan fingerprint density at radius 3 is 2.56 bits per heavy atom. The molecule has 1 aromatic rings. The Morgan fingerprint density at radius 1 is 1.33 bits per heavy atom. The molecule has 1 rings (SSSR count). The summed E-state index contributed by atoms with van der Waals surface area (Å²) in [7, 11) is 0. The molecule has 1 unspecified atom stereocenters. The van der Waals surface area contributed by atoms with Crippen LogP contribution in [0.15, 0.2) is 54.6 Å². The molecule has 96 valence electrons. The Bertz CT molecular complexity index is 461. The van der Waals surface area contributed by atoms with E-state index in [2.05, 4.69) is 70.7 Å². The van der Waals surface area contributed by atoms with Gasteiger partial charge in [0.1, 0.15) is 0 Å². The molecule has 0 aliphatic rings. The molecule has 0 nitrogen and oxygen atoms in total. The lowest BCUT2D eigenvalue weighted by Gasteiger charge is -2.17. The van der Waals surface area contributed by atoms with Gasteiger partial charge in [-0.25, -0.2) is 0 Å². The van der Waals surface area contributed by atoms with Crippen LogP contribution in [0.4, 0.5) is 0 Å². The van der Waals surface area contributed by atoms with E-state index in [1.807, 2.05) is 6.08 Å². The maximum Gasteiger partial charge on any atom is -0.0147 e. The van der Waals surface area contributed by atoms with E-state index in [0.29, 0.717) is 5.92 Å². The second-order valence-corrected chi connectivity index (χ2v) is 4.70. The van der Waals surface area contributed by atoms with E-state index in [1.165, 1.54) is 22.3 Å². The fourth-order valence-corrected chi connectivity index (χ4v) is 2.10. The summed E-state index contributed by atoms with van der Waals surface area (Å²) in [4.78, 5) is 0. The highest BCUT2D eigenvalue weighted by atomic mass is 14.2. The zero-order valence-electron chi connectivity index (χ0n) is 12.0. The maximum absolute atomic E-state index is 3.89. The lowest BCUT2D eigenvalue weighted by atomic mass is 9.88. The van der Waals surface area contributed by atoms with Crippen molar-refractivity contribution >= 4 is 5.57 Å². The predicted octanol–water partition coefficient (Wildman–Crippen LogP) is 5.74. The van der Waals surface area contributed by atoms with E-state index >= 15 is 0 Å². The molecule has 0 amide bonds. The largest absolute Gasteiger partial charge is 0.0988 e. The van der Waals surface area contributed by atoms with Gasteiger partial charge in [-0.2, -0.15) is 0 Å². The summed E-state index contributed by atoms with van der Waals surface area (Å²) in [5.41, 5.74) is 5.27. The monoisotopic (exact) mass is 240 g/mol. The summed E-state index contributed by atoms with van der Waals surface area (Å²) in [5.74, 6) is 0.582. The highest BCUT2D eigenvalue weighted by Crippen LogP contribution is 2.30. The van der Waals surface area contributed by atoms with Gasteiger partial charge in [0, 0.05) is 0 Å². The summed E-state index contributed by atoms with van der Waals surface area (Å²) in [5, 5.41) is 0. The van der Waals surface area contributed by atoms with Crippen molar-refractivity contribution in [2.75, 3.05) is 0 Å². The molecule has 0 heteroatoms. The van der Waals surface area contributed by atoms with Crippen molar-refractivity contribution < 1.29 is 0 Å². The van der Waals surface area contributed by atoms with Crippen LogP contribution < -0.4 is 0 Å². The molecule has 0 radical (unpaired) electrons. The molecule has 1 aromatic carbocycles. The molecule has 0 saturated carbocycles. The van der Waals surface area contributed by atoms with Crippen LogP contribution in [0.5, 0.6) is 0 Å². The van der Waals surface area contributed by atoms with Crippen LogP contribution >= 0.6 is 0 Å². The minimum atomic E-state index is 0.582. The maximum atomic E-state index is 3.89. The number of benzene rings is 1. The first-order valence-corrected chi connectivity index (χ1v) is 6.71. The quantitative estimate of drug-likeness (QED) is 0.576. The Balaban J connectivity index is 3.42. The molecule has 0 spiro atoms. The molecule has 18 heavy (non-hydrogen) atoms. The van der Waals surface area contributed by atoms with Crippen molar-refractivity contribution in [1.82, 2.24) is 0 Å². The normalized spacial score (nSPS) is 14.4. The lowest BCUT2D eigenvalue weighted by molar-refractivity contribution is 0.731. The molecule has 0 aromatic heterocycles. The van der Waals surface area contributed by atoms with Crippen molar-refractivity contribution in [3.63, 3.8) is 0 Å². The zero-order chi connectivity index (χ0) is 13.5. The summed E-state index contributed by atoms with van der Waals surface area (Å²) in [6, 6.07) is 8.69. The molecule has 0 fully saturated rings. The Kier molecular flexibility index (Phi) is 5.64. The first-order chi connectivity index (χ1) is 8.65. The molecular weight excluding hydrogens is 216 g/mol. The van der Waals surface area contributed by atoms with Crippen LogP contribution in [0.3, 0.4) is 0 Å². The molecule has 0 saturated heterocycles. The van der Waals surface area contributed by atoms with Crippen LogP contribution in [0, 0.1) is 0 Å². The van der Waals surface area contributed by atoms with Crippen molar-refractivity contribution in [2.24, 2.45) is 0 Å². The van der Waals surface area contributed by atoms with Crippen molar-refractivity contribution in [3.8, 4) is 0 Å². The SMILES string of the molecule is C=C/C(C)=C(\C=C/C)c1ccccc1C(C)CC. The van der Waals surface area contributed by atoms with E-state index in [-0.39, 0.29) is 0 Å². The van der Waals surface area contributed by atoms with Crippen molar-refractivity contribution in [3.05, 3.63) is 65.8 Å². The topological polar surface area (TPSA) is 0 Å². The number of hydrogen-bond donors (Lipinski definition) is 0. The molecular formula is C18H24. The Hall–Kier alpha value is -1.56. The number of rotatable bonds is 5. The van der Waals surface area contributed by atoms with E-state index in [9.17, 15) is 0 Å². The Morgan fingerprint density at radius 2 is 2.00 bits per heavy atom. The molecule has 0 heterocycles. The summed E-state index contributed by atoms with van der Waals surface area (Å²) < 4.78 is 0. The third kappa shape index (κ3) is 3.22. The van der Waals surface area contributed by atoms with Gasteiger partial charge in [0.15, 0.2) is 0 Å². The van der Waals surface area contributed by atoms with Gasteiger partial charge < -0.3 is 0 Å². The van der Waals surface area contributed by atoms with Crippen LogP contribution in [-0.4, -0.2) is 0 Å². The summed E-state index contributed by atoms with van der Waals surface area (Å²) in [6.45, 7) is 12.6. The zero-order valence-corrected chi connectivity index (χ0v) is 12.0. The first-order valence-electron chi connectivity index (χ1n) is 6.71. The number of allylic oxidation sites excluding steroid dienone is 5. The predicted molar refractivity (Wildman–Crippen MR) is 82.8 cm³/mol. The lowest BCUT2D eigenvalue weighted by Crippen LogP contribution is -1.98. The molecule has 0 aliphatic carbocycles. The average Bonchev–Trinajstić information content (AvgIpc) is 2.43. The molecule has 0 N–H and O–H groups in total. The highest BCUT2D eigenvalue weighted by Gasteiger charge is 2.11. The molecule has 0 aliphatic heterocycles. The molecule has 0 bridgehead atoms. The van der Waals surface area contributed by atoms with E-state index in [0.717, 1.165) is 6.42 Å². The van der Waals surface area contributed by atoms with Crippen LogP contribution in [0.25, 0.3) is 5.57 Å². The van der Waals surface area contributed by atoms with Gasteiger partial charge in [-0.05, 0) is 48.5 Å². The van der Waals surface area contributed by atoms with Gasteiger partial charge >= 0.3 is 0 Å². The first kappa shape index (κ1) is 14.5. The smallest absolute Gasteiger partial charge is 0.0147 e. The van der Waals surface area contributed by atoms with Gasteiger partial charge in [-0.3, -0.25) is 0 Å². The second-order valence-electron chi connectivity index (χ2n) is 4.70. The van der Waals surface area contributed by atoms with Crippen molar-refractivity contribution in [1.29, 1.82) is 0 Å². The van der Waals surface area contributed by atoms with Crippen LogP contribution in [0.1, 0.15) is 51.2 Å². The van der Waals surface area contributed by atoms with E-state index < -0.39 is 0 Å². The summed E-state index contributed by atoms with van der Waals surface area (Å²) in [6.07, 6.45) is 7.37. The standard InChI is InChI=1S/C18H24/c1-6-11-16(14(4)7-2)18-13-10-9-12-17(18)15(5)8-3/h6-7,9-13,15H,2,8H2,1,3-5H3/b11-6-,16-14+. The summed E-state index contributed by atoms with van der Waals surface area (Å²) >= 11 is 0. The van der Waals surface area contributed by atoms with Crippen LogP contribution in [0.2, 0.25) is 0 Å². The fourth-order valence-electron chi connectivity index (χ4n) is 2.10. The van der Waals surface area contributed by atoms with Crippen LogP contribution in [-0.2, 0) is 0 Å². The third-order valence-corrected chi connectivity index (χ3v) is 3.46. The number of hydrogen-bond acceptors (Lipinski definition) is 0.